The molecule has 55 heavy (non-hydrogen) atoms. The first-order chi connectivity index (χ1) is 27.3. The molecule has 4 heteroatoms. The molecule has 0 unspecified atom stereocenters. The summed E-state index contributed by atoms with van der Waals surface area (Å²) in [5.41, 5.74) is 14.1. The highest BCUT2D eigenvalue weighted by Gasteiger charge is 2.46. The topological polar surface area (TPSA) is 51.6 Å². The maximum absolute atomic E-state index is 5.09. The molecule has 1 aliphatic rings. The van der Waals surface area contributed by atoms with Gasteiger partial charge in [-0.05, 0) is 68.8 Å². The average molecular weight is 703 g/mol. The largest absolute Gasteiger partial charge is 0.256 e. The monoisotopic (exact) mass is 702 g/mol. The lowest BCUT2D eigenvalue weighted by Crippen LogP contribution is -2.28. The molecule has 0 fully saturated rings. The molecule has 0 radical (unpaired) electrons. The van der Waals surface area contributed by atoms with Gasteiger partial charge in [0.25, 0.3) is 0 Å². The third kappa shape index (κ3) is 5.63. The normalized spacial score (nSPS) is 12.5. The van der Waals surface area contributed by atoms with Gasteiger partial charge in [-0.15, -0.1) is 0 Å². The number of fused-ring (bicyclic) bond motifs is 3. The van der Waals surface area contributed by atoms with Crippen LogP contribution in [0.2, 0.25) is 0 Å². The zero-order valence-corrected chi connectivity index (χ0v) is 29.9. The van der Waals surface area contributed by atoms with Gasteiger partial charge in [0.05, 0.1) is 11.1 Å². The van der Waals surface area contributed by atoms with E-state index in [0.717, 1.165) is 39.1 Å². The molecule has 258 valence electrons. The van der Waals surface area contributed by atoms with Crippen molar-refractivity contribution in [3.8, 4) is 67.7 Å². The highest BCUT2D eigenvalue weighted by Crippen LogP contribution is 2.56. The Bertz CT molecular complexity index is 2740. The van der Waals surface area contributed by atoms with Crippen molar-refractivity contribution in [1.29, 1.82) is 0 Å². The van der Waals surface area contributed by atoms with Crippen molar-refractivity contribution >= 4 is 0 Å². The molecule has 0 aliphatic heterocycles. The van der Waals surface area contributed by atoms with Crippen LogP contribution in [-0.2, 0) is 5.41 Å². The number of pyridine rings is 1. The van der Waals surface area contributed by atoms with Crippen molar-refractivity contribution in [2.24, 2.45) is 0 Å². The van der Waals surface area contributed by atoms with Crippen molar-refractivity contribution < 1.29 is 0 Å². The molecule has 0 saturated carbocycles. The van der Waals surface area contributed by atoms with Crippen LogP contribution in [0, 0.1) is 0 Å². The predicted octanol–water partition coefficient (Wildman–Crippen LogP) is 12.0. The maximum Gasteiger partial charge on any atom is 0.164 e. The number of aromatic nitrogens is 4. The van der Waals surface area contributed by atoms with E-state index in [1.165, 1.54) is 33.4 Å². The molecule has 0 bridgehead atoms. The molecule has 1 aliphatic carbocycles. The molecule has 4 nitrogen and oxygen atoms in total. The Morgan fingerprint density at radius 1 is 0.309 bits per heavy atom. The van der Waals surface area contributed by atoms with E-state index in [2.05, 4.69) is 157 Å². The molecule has 7 aromatic carbocycles. The molecule has 0 atom stereocenters. The van der Waals surface area contributed by atoms with Gasteiger partial charge in [0, 0.05) is 28.5 Å². The number of hydrogen-bond donors (Lipinski definition) is 0. The standard InChI is InChI=1S/C51H34N4/c1-4-15-36(16-5-1)48-53-49(37-28-26-35(27-29-37)47-25-12-13-32-52-47)55-50(54-48)40-18-14-17-38(33-40)39-30-31-44-43-23-10-11-24-45(43)51(46(44)34-39,41-19-6-2-7-20-41)42-21-8-3-9-22-42/h1-34H. The fourth-order valence-electron chi connectivity index (χ4n) is 8.14. The average Bonchev–Trinajstić information content (AvgIpc) is 3.58. The summed E-state index contributed by atoms with van der Waals surface area (Å²) in [6, 6.07) is 70.5. The first-order valence-corrected chi connectivity index (χ1v) is 18.6. The van der Waals surface area contributed by atoms with Crippen LogP contribution in [0.3, 0.4) is 0 Å². The Morgan fingerprint density at radius 3 is 1.47 bits per heavy atom. The van der Waals surface area contributed by atoms with Crippen LogP contribution in [0.5, 0.6) is 0 Å². The minimum atomic E-state index is -0.470. The molecule has 0 spiro atoms. The van der Waals surface area contributed by atoms with Gasteiger partial charge in [-0.1, -0.05) is 176 Å². The zero-order chi connectivity index (χ0) is 36.6. The van der Waals surface area contributed by atoms with E-state index in [0.29, 0.717) is 17.5 Å². The number of nitrogens with zero attached hydrogens (tertiary/aromatic N) is 4. The van der Waals surface area contributed by atoms with Crippen LogP contribution in [0.25, 0.3) is 67.7 Å². The lowest BCUT2D eigenvalue weighted by Gasteiger charge is -2.34. The summed E-state index contributed by atoms with van der Waals surface area (Å²) in [5, 5.41) is 0. The summed E-state index contributed by atoms with van der Waals surface area (Å²) in [4.78, 5) is 19.6. The quantitative estimate of drug-likeness (QED) is 0.166. The molecular formula is C51H34N4. The fourth-order valence-corrected chi connectivity index (χ4v) is 8.14. The van der Waals surface area contributed by atoms with E-state index in [4.69, 9.17) is 15.0 Å². The first kappa shape index (κ1) is 32.4. The summed E-state index contributed by atoms with van der Waals surface area (Å²) in [7, 11) is 0. The molecule has 0 amide bonds. The van der Waals surface area contributed by atoms with Crippen molar-refractivity contribution in [1.82, 2.24) is 19.9 Å². The van der Waals surface area contributed by atoms with Gasteiger partial charge < -0.3 is 0 Å². The van der Waals surface area contributed by atoms with Crippen LogP contribution in [-0.4, -0.2) is 19.9 Å². The van der Waals surface area contributed by atoms with Gasteiger partial charge in [0.1, 0.15) is 0 Å². The van der Waals surface area contributed by atoms with Crippen LogP contribution in [0.15, 0.2) is 206 Å². The van der Waals surface area contributed by atoms with Gasteiger partial charge in [0.2, 0.25) is 0 Å². The minimum Gasteiger partial charge on any atom is -0.256 e. The summed E-state index contributed by atoms with van der Waals surface area (Å²) >= 11 is 0. The second-order valence-corrected chi connectivity index (χ2v) is 13.8. The van der Waals surface area contributed by atoms with E-state index in [9.17, 15) is 0 Å². The van der Waals surface area contributed by atoms with Crippen LogP contribution in [0.1, 0.15) is 22.3 Å². The molecule has 2 heterocycles. The van der Waals surface area contributed by atoms with Crippen molar-refractivity contribution in [3.63, 3.8) is 0 Å². The van der Waals surface area contributed by atoms with Gasteiger partial charge >= 0.3 is 0 Å². The molecule has 9 aromatic rings. The van der Waals surface area contributed by atoms with E-state index >= 15 is 0 Å². The Kier molecular flexibility index (Phi) is 8.00. The predicted molar refractivity (Wildman–Crippen MR) is 222 cm³/mol. The van der Waals surface area contributed by atoms with Gasteiger partial charge in [-0.2, -0.15) is 0 Å². The Balaban J connectivity index is 1.11. The smallest absolute Gasteiger partial charge is 0.164 e. The Labute approximate surface area is 320 Å². The third-order valence-electron chi connectivity index (χ3n) is 10.7. The molecule has 10 rings (SSSR count). The SMILES string of the molecule is c1ccc(-c2nc(-c3ccc(-c4ccccn4)cc3)nc(-c3cccc(-c4ccc5c(c4)C(c4ccccc4)(c4ccccc4)c4ccccc4-5)c3)n2)cc1. The molecule has 2 aromatic heterocycles. The summed E-state index contributed by atoms with van der Waals surface area (Å²) < 4.78 is 0. The number of benzene rings is 7. The second-order valence-electron chi connectivity index (χ2n) is 13.8. The summed E-state index contributed by atoms with van der Waals surface area (Å²) in [6.07, 6.45) is 1.81. The van der Waals surface area contributed by atoms with Crippen molar-refractivity contribution in [2.75, 3.05) is 0 Å². The highest BCUT2D eigenvalue weighted by atomic mass is 15.0. The van der Waals surface area contributed by atoms with Crippen LogP contribution in [0.4, 0.5) is 0 Å². The van der Waals surface area contributed by atoms with E-state index in [1.54, 1.807) is 0 Å². The first-order valence-electron chi connectivity index (χ1n) is 18.6. The van der Waals surface area contributed by atoms with Crippen LogP contribution < -0.4 is 0 Å². The molecule has 0 saturated heterocycles. The Hall–Kier alpha value is -7.30. The second kappa shape index (κ2) is 13.6. The van der Waals surface area contributed by atoms with Crippen molar-refractivity contribution in [2.45, 2.75) is 5.41 Å². The molecule has 0 N–H and O–H groups in total. The van der Waals surface area contributed by atoms with Crippen molar-refractivity contribution in [3.05, 3.63) is 229 Å². The van der Waals surface area contributed by atoms with Gasteiger partial charge in [0.15, 0.2) is 17.5 Å². The maximum atomic E-state index is 5.09. The summed E-state index contributed by atoms with van der Waals surface area (Å²) in [6.45, 7) is 0. The molecular weight excluding hydrogens is 669 g/mol. The zero-order valence-electron chi connectivity index (χ0n) is 29.9. The van der Waals surface area contributed by atoms with E-state index in [-0.39, 0.29) is 0 Å². The van der Waals surface area contributed by atoms with E-state index < -0.39 is 5.41 Å². The lowest BCUT2D eigenvalue weighted by atomic mass is 9.67. The highest BCUT2D eigenvalue weighted by molar-refractivity contribution is 5.88. The fraction of sp³-hybridized carbons (Fsp3) is 0.0196. The van der Waals surface area contributed by atoms with Gasteiger partial charge in [-0.3, -0.25) is 4.98 Å². The summed E-state index contributed by atoms with van der Waals surface area (Å²) in [5.74, 6) is 1.87. The Morgan fingerprint density at radius 2 is 0.800 bits per heavy atom. The number of rotatable bonds is 7. The third-order valence-corrected chi connectivity index (χ3v) is 10.7. The van der Waals surface area contributed by atoms with E-state index in [1.807, 2.05) is 54.7 Å². The van der Waals surface area contributed by atoms with Gasteiger partial charge in [-0.25, -0.2) is 15.0 Å². The minimum absolute atomic E-state index is 0.470. The number of hydrogen-bond acceptors (Lipinski definition) is 4. The lowest BCUT2D eigenvalue weighted by molar-refractivity contribution is 0.769. The van der Waals surface area contributed by atoms with Crippen LogP contribution >= 0.6 is 0 Å².